The standard InChI is InChI=1S/C22H27N3O5/c1-15-2-3-16(12-18(15)25-9-5-19(27)23-21(25)29)20(28)24-10-7-22(8-11-24)6-4-17(13-26)30-14-22/h2-3,12-13,17H,4-11,14H2,1H3,(H,23,27,29). The van der Waals surface area contributed by atoms with Gasteiger partial charge in [-0.2, -0.15) is 0 Å². The predicted molar refractivity (Wildman–Crippen MR) is 109 cm³/mol. The molecule has 8 heteroatoms. The molecule has 0 aromatic heterocycles. The second-order valence-electron chi connectivity index (χ2n) is 8.57. The van der Waals surface area contributed by atoms with Crippen LogP contribution in [0.2, 0.25) is 0 Å². The summed E-state index contributed by atoms with van der Waals surface area (Å²) < 4.78 is 5.68. The number of carbonyl (C=O) groups is 4. The Morgan fingerprint density at radius 2 is 1.97 bits per heavy atom. The van der Waals surface area contributed by atoms with E-state index in [2.05, 4.69) is 5.32 Å². The fourth-order valence-corrected chi connectivity index (χ4v) is 4.58. The van der Waals surface area contributed by atoms with Gasteiger partial charge in [0, 0.05) is 37.3 Å². The number of aryl methyl sites for hydroxylation is 1. The molecule has 0 radical (unpaired) electrons. The molecule has 3 aliphatic heterocycles. The zero-order valence-corrected chi connectivity index (χ0v) is 17.2. The summed E-state index contributed by atoms with van der Waals surface area (Å²) in [7, 11) is 0. The predicted octanol–water partition coefficient (Wildman–Crippen LogP) is 2.04. The minimum absolute atomic E-state index is 0.0536. The number of likely N-dealkylation sites (tertiary alicyclic amines) is 1. The molecule has 1 atom stereocenters. The number of urea groups is 1. The van der Waals surface area contributed by atoms with E-state index in [4.69, 9.17) is 4.74 Å². The summed E-state index contributed by atoms with van der Waals surface area (Å²) in [5.74, 6) is -0.336. The van der Waals surface area contributed by atoms with Gasteiger partial charge in [0.25, 0.3) is 5.91 Å². The van der Waals surface area contributed by atoms with Gasteiger partial charge in [0.15, 0.2) is 0 Å². The van der Waals surface area contributed by atoms with Gasteiger partial charge < -0.3 is 14.4 Å². The van der Waals surface area contributed by atoms with E-state index in [-0.39, 0.29) is 29.8 Å². The van der Waals surface area contributed by atoms with Gasteiger partial charge in [0.1, 0.15) is 12.4 Å². The van der Waals surface area contributed by atoms with Crippen molar-refractivity contribution in [3.8, 4) is 0 Å². The van der Waals surface area contributed by atoms with Gasteiger partial charge in [-0.1, -0.05) is 6.07 Å². The summed E-state index contributed by atoms with van der Waals surface area (Å²) >= 11 is 0. The molecule has 0 bridgehead atoms. The lowest BCUT2D eigenvalue weighted by molar-refractivity contribution is -0.130. The fourth-order valence-electron chi connectivity index (χ4n) is 4.58. The number of nitrogens with zero attached hydrogens (tertiary/aromatic N) is 2. The van der Waals surface area contributed by atoms with Gasteiger partial charge in [-0.3, -0.25) is 19.8 Å². The Bertz CT molecular complexity index is 866. The van der Waals surface area contributed by atoms with Gasteiger partial charge in [-0.15, -0.1) is 0 Å². The van der Waals surface area contributed by atoms with Crippen molar-refractivity contribution in [2.24, 2.45) is 5.41 Å². The molecule has 4 amide bonds. The number of amides is 4. The molecule has 3 fully saturated rings. The number of hydrogen-bond donors (Lipinski definition) is 1. The van der Waals surface area contributed by atoms with Gasteiger partial charge in [-0.25, -0.2) is 4.79 Å². The van der Waals surface area contributed by atoms with Crippen LogP contribution in [0.25, 0.3) is 0 Å². The molecule has 3 heterocycles. The zero-order chi connectivity index (χ0) is 21.3. The van der Waals surface area contributed by atoms with Crippen LogP contribution in [-0.4, -0.2) is 61.4 Å². The van der Waals surface area contributed by atoms with Gasteiger partial charge in [0.2, 0.25) is 5.91 Å². The quantitative estimate of drug-likeness (QED) is 0.765. The number of benzene rings is 1. The first kappa shape index (κ1) is 20.5. The maximum Gasteiger partial charge on any atom is 0.328 e. The van der Waals surface area contributed by atoms with Crippen LogP contribution < -0.4 is 10.2 Å². The number of piperidine rings is 1. The van der Waals surface area contributed by atoms with Crippen LogP contribution in [-0.2, 0) is 14.3 Å². The van der Waals surface area contributed by atoms with E-state index in [0.717, 1.165) is 37.5 Å². The van der Waals surface area contributed by atoms with Crippen LogP contribution in [0.4, 0.5) is 10.5 Å². The summed E-state index contributed by atoms with van der Waals surface area (Å²) in [6.07, 6.45) is 4.25. The Kier molecular flexibility index (Phi) is 5.60. The molecule has 1 N–H and O–H groups in total. The SMILES string of the molecule is Cc1ccc(C(=O)N2CCC3(CCC(C=O)OC3)CC2)cc1N1CCC(=O)NC1=O. The van der Waals surface area contributed by atoms with Crippen LogP contribution in [0.15, 0.2) is 18.2 Å². The number of anilines is 1. The van der Waals surface area contributed by atoms with E-state index < -0.39 is 6.03 Å². The maximum absolute atomic E-state index is 13.1. The van der Waals surface area contributed by atoms with Crippen LogP contribution >= 0.6 is 0 Å². The molecule has 1 aromatic rings. The first-order valence-electron chi connectivity index (χ1n) is 10.5. The smallest absolute Gasteiger partial charge is 0.328 e. The Balaban J connectivity index is 1.44. The lowest BCUT2D eigenvalue weighted by atomic mass is 9.73. The molecule has 1 unspecified atom stereocenters. The van der Waals surface area contributed by atoms with Crippen LogP contribution in [0.3, 0.4) is 0 Å². The third-order valence-corrected chi connectivity index (χ3v) is 6.63. The number of hydrogen-bond acceptors (Lipinski definition) is 5. The Morgan fingerprint density at radius 3 is 2.60 bits per heavy atom. The Morgan fingerprint density at radius 1 is 1.20 bits per heavy atom. The van der Waals surface area contributed by atoms with Gasteiger partial charge in [-0.05, 0) is 55.7 Å². The number of ether oxygens (including phenoxy) is 1. The molecule has 8 nitrogen and oxygen atoms in total. The average molecular weight is 413 g/mol. The average Bonchev–Trinajstić information content (AvgIpc) is 2.75. The van der Waals surface area contributed by atoms with E-state index >= 15 is 0 Å². The molecule has 3 aliphatic rings. The highest BCUT2D eigenvalue weighted by molar-refractivity contribution is 6.06. The molecular weight excluding hydrogens is 386 g/mol. The van der Waals surface area contributed by atoms with Crippen molar-refractivity contribution in [1.29, 1.82) is 0 Å². The number of rotatable bonds is 3. The van der Waals surface area contributed by atoms with Crippen molar-refractivity contribution < 1.29 is 23.9 Å². The second-order valence-corrected chi connectivity index (χ2v) is 8.57. The fraction of sp³-hybridized carbons (Fsp3) is 0.545. The van der Waals surface area contributed by atoms with E-state index in [1.165, 1.54) is 4.90 Å². The first-order valence-corrected chi connectivity index (χ1v) is 10.5. The van der Waals surface area contributed by atoms with E-state index in [1.807, 2.05) is 17.9 Å². The molecular formula is C22H27N3O5. The molecule has 160 valence electrons. The van der Waals surface area contributed by atoms with E-state index in [9.17, 15) is 19.2 Å². The van der Waals surface area contributed by atoms with Crippen LogP contribution in [0, 0.1) is 12.3 Å². The molecule has 1 aromatic carbocycles. The van der Waals surface area contributed by atoms with E-state index in [1.54, 1.807) is 12.1 Å². The lowest BCUT2D eigenvalue weighted by Crippen LogP contribution is -2.50. The highest BCUT2D eigenvalue weighted by Gasteiger charge is 2.40. The highest BCUT2D eigenvalue weighted by Crippen LogP contribution is 2.40. The summed E-state index contributed by atoms with van der Waals surface area (Å²) in [4.78, 5) is 51.1. The highest BCUT2D eigenvalue weighted by atomic mass is 16.5. The molecule has 4 rings (SSSR count). The lowest BCUT2D eigenvalue weighted by Gasteiger charge is -2.45. The maximum atomic E-state index is 13.1. The van der Waals surface area contributed by atoms with Crippen LogP contribution in [0.1, 0.15) is 48.0 Å². The van der Waals surface area contributed by atoms with E-state index in [0.29, 0.717) is 37.5 Å². The van der Waals surface area contributed by atoms with Gasteiger partial charge >= 0.3 is 6.03 Å². The number of carbonyl (C=O) groups excluding carboxylic acids is 4. The summed E-state index contributed by atoms with van der Waals surface area (Å²) in [5.41, 5.74) is 2.13. The number of imide groups is 1. The topological polar surface area (TPSA) is 96.0 Å². The molecule has 1 spiro atoms. The summed E-state index contributed by atoms with van der Waals surface area (Å²) in [6.45, 7) is 4.06. The molecule has 30 heavy (non-hydrogen) atoms. The van der Waals surface area contributed by atoms with Gasteiger partial charge in [0.05, 0.1) is 6.61 Å². The van der Waals surface area contributed by atoms with Crippen molar-refractivity contribution in [1.82, 2.24) is 10.2 Å². The number of aldehydes is 1. The normalized spacial score (nSPS) is 24.0. The summed E-state index contributed by atoms with van der Waals surface area (Å²) in [5, 5.41) is 2.33. The monoisotopic (exact) mass is 413 g/mol. The second kappa shape index (κ2) is 8.18. The summed E-state index contributed by atoms with van der Waals surface area (Å²) in [6, 6.07) is 4.92. The van der Waals surface area contributed by atoms with Crippen molar-refractivity contribution in [3.05, 3.63) is 29.3 Å². The Labute approximate surface area is 175 Å². The molecule has 0 aliphatic carbocycles. The van der Waals surface area contributed by atoms with Crippen molar-refractivity contribution in [2.45, 2.75) is 45.1 Å². The van der Waals surface area contributed by atoms with Crippen molar-refractivity contribution in [2.75, 3.05) is 31.1 Å². The first-order chi connectivity index (χ1) is 14.4. The van der Waals surface area contributed by atoms with Crippen molar-refractivity contribution in [3.63, 3.8) is 0 Å². The van der Waals surface area contributed by atoms with Crippen molar-refractivity contribution >= 4 is 29.8 Å². The zero-order valence-electron chi connectivity index (χ0n) is 17.2. The third-order valence-electron chi connectivity index (χ3n) is 6.63. The molecule has 3 saturated heterocycles. The number of nitrogens with one attached hydrogen (secondary N) is 1. The molecule has 0 saturated carbocycles. The minimum Gasteiger partial charge on any atom is -0.370 e. The third kappa shape index (κ3) is 3.96. The largest absolute Gasteiger partial charge is 0.370 e. The Hall–Kier alpha value is -2.74. The minimum atomic E-state index is -0.454. The van der Waals surface area contributed by atoms with Crippen LogP contribution in [0.5, 0.6) is 0 Å².